The van der Waals surface area contributed by atoms with Gasteiger partial charge >= 0.3 is 6.18 Å². The van der Waals surface area contributed by atoms with Crippen molar-refractivity contribution in [2.24, 2.45) is 0 Å². The van der Waals surface area contributed by atoms with Gasteiger partial charge in [-0.15, -0.1) is 0 Å². The van der Waals surface area contributed by atoms with Crippen LogP contribution >= 0.6 is 0 Å². The maximum Gasteiger partial charge on any atom is 0.419 e. The van der Waals surface area contributed by atoms with Crippen LogP contribution in [0.2, 0.25) is 0 Å². The van der Waals surface area contributed by atoms with E-state index in [1.54, 1.807) is 0 Å². The molecule has 1 fully saturated rings. The van der Waals surface area contributed by atoms with Crippen molar-refractivity contribution in [3.8, 4) is 0 Å². The summed E-state index contributed by atoms with van der Waals surface area (Å²) in [5, 5.41) is 3.15. The van der Waals surface area contributed by atoms with Crippen molar-refractivity contribution in [3.63, 3.8) is 0 Å². The van der Waals surface area contributed by atoms with Crippen molar-refractivity contribution in [1.29, 1.82) is 0 Å². The van der Waals surface area contributed by atoms with E-state index in [2.05, 4.69) is 5.32 Å². The number of fused-ring (bicyclic) bond motifs is 3. The minimum Gasteiger partial charge on any atom is -0.375 e. The van der Waals surface area contributed by atoms with E-state index in [1.165, 1.54) is 0 Å². The van der Waals surface area contributed by atoms with E-state index in [9.17, 15) is 17.6 Å². The Balaban J connectivity index is 2.04. The molecule has 1 N–H and O–H groups in total. The molecule has 0 radical (unpaired) electrons. The van der Waals surface area contributed by atoms with Crippen molar-refractivity contribution in [2.75, 3.05) is 13.2 Å². The molecule has 6 heteroatoms. The second kappa shape index (κ2) is 3.93. The molecule has 1 aliphatic heterocycles. The Morgan fingerprint density at radius 2 is 2.06 bits per heavy atom. The largest absolute Gasteiger partial charge is 0.419 e. The fourth-order valence-corrected chi connectivity index (χ4v) is 2.67. The highest BCUT2D eigenvalue weighted by molar-refractivity contribution is 5.41. The second-order valence-corrected chi connectivity index (χ2v) is 4.57. The van der Waals surface area contributed by atoms with Crippen LogP contribution in [0.3, 0.4) is 0 Å². The molecule has 3 rings (SSSR count). The first-order chi connectivity index (χ1) is 8.47. The molecule has 0 bridgehead atoms. The molecule has 0 amide bonds. The van der Waals surface area contributed by atoms with Gasteiger partial charge in [0.2, 0.25) is 0 Å². The number of halogens is 4. The first-order valence-electron chi connectivity index (χ1n) is 5.71. The summed E-state index contributed by atoms with van der Waals surface area (Å²) in [7, 11) is 0. The lowest BCUT2D eigenvalue weighted by atomic mass is 10.0. The van der Waals surface area contributed by atoms with Crippen molar-refractivity contribution in [1.82, 2.24) is 5.32 Å². The van der Waals surface area contributed by atoms with Crippen molar-refractivity contribution < 1.29 is 22.3 Å². The predicted octanol–water partition coefficient (Wildman–Crippen LogP) is 2.43. The van der Waals surface area contributed by atoms with E-state index in [0.717, 1.165) is 12.1 Å². The Kier molecular flexibility index (Phi) is 2.60. The predicted molar refractivity (Wildman–Crippen MR) is 55.6 cm³/mol. The molecule has 18 heavy (non-hydrogen) atoms. The summed E-state index contributed by atoms with van der Waals surface area (Å²) in [5.74, 6) is -1.21. The van der Waals surface area contributed by atoms with Crippen LogP contribution in [0.1, 0.15) is 22.7 Å². The molecule has 1 heterocycles. The summed E-state index contributed by atoms with van der Waals surface area (Å²) >= 11 is 0. The number of hydrogen-bond donors (Lipinski definition) is 1. The number of alkyl halides is 3. The molecule has 2 atom stereocenters. The van der Waals surface area contributed by atoms with Gasteiger partial charge in [0, 0.05) is 13.0 Å². The highest BCUT2D eigenvalue weighted by Gasteiger charge is 2.40. The average Bonchev–Trinajstić information content (AvgIpc) is 2.65. The third kappa shape index (κ3) is 1.80. The molecular formula is C12H11F4NO. The third-order valence-electron chi connectivity index (χ3n) is 3.46. The fraction of sp³-hybridized carbons (Fsp3) is 0.500. The summed E-state index contributed by atoms with van der Waals surface area (Å²) in [4.78, 5) is 0. The molecule has 1 aromatic carbocycles. The summed E-state index contributed by atoms with van der Waals surface area (Å²) in [6.07, 6.45) is -4.44. The Labute approximate surface area is 101 Å². The van der Waals surface area contributed by atoms with Gasteiger partial charge in [-0.2, -0.15) is 13.2 Å². The third-order valence-corrected chi connectivity index (χ3v) is 3.46. The highest BCUT2D eigenvalue weighted by atomic mass is 19.4. The van der Waals surface area contributed by atoms with Gasteiger partial charge in [-0.25, -0.2) is 4.39 Å². The van der Waals surface area contributed by atoms with E-state index in [4.69, 9.17) is 4.74 Å². The zero-order valence-corrected chi connectivity index (χ0v) is 9.35. The zero-order chi connectivity index (χ0) is 12.9. The first kappa shape index (κ1) is 11.9. The molecule has 2 nitrogen and oxygen atoms in total. The minimum atomic E-state index is -4.65. The second-order valence-electron chi connectivity index (χ2n) is 4.57. The van der Waals surface area contributed by atoms with Gasteiger partial charge in [-0.1, -0.05) is 0 Å². The zero-order valence-electron chi connectivity index (χ0n) is 9.35. The van der Waals surface area contributed by atoms with Crippen LogP contribution in [-0.4, -0.2) is 19.3 Å². The molecule has 2 aliphatic rings. The summed E-state index contributed by atoms with van der Waals surface area (Å²) in [6.45, 7) is 1.16. The Hall–Kier alpha value is -1.14. The lowest BCUT2D eigenvalue weighted by Crippen LogP contribution is -2.39. The summed E-state index contributed by atoms with van der Waals surface area (Å²) < 4.78 is 56.8. The van der Waals surface area contributed by atoms with Crippen molar-refractivity contribution in [2.45, 2.75) is 24.7 Å². The summed E-state index contributed by atoms with van der Waals surface area (Å²) in [6, 6.07) is 1.71. The Bertz CT molecular complexity index is 486. The number of rotatable bonds is 0. The topological polar surface area (TPSA) is 21.3 Å². The van der Waals surface area contributed by atoms with Crippen LogP contribution in [-0.2, 0) is 17.3 Å². The van der Waals surface area contributed by atoms with Gasteiger partial charge in [-0.3, -0.25) is 0 Å². The smallest absolute Gasteiger partial charge is 0.375 e. The minimum absolute atomic E-state index is 0.184. The van der Waals surface area contributed by atoms with Crippen LogP contribution in [0, 0.1) is 5.82 Å². The molecular weight excluding hydrogens is 250 g/mol. The molecule has 0 unspecified atom stereocenters. The van der Waals surface area contributed by atoms with Crippen LogP contribution in [0.4, 0.5) is 17.6 Å². The summed E-state index contributed by atoms with van der Waals surface area (Å²) in [5.41, 5.74) is -0.0850. The monoisotopic (exact) mass is 261 g/mol. The van der Waals surface area contributed by atoms with E-state index in [-0.39, 0.29) is 12.1 Å². The highest BCUT2D eigenvalue weighted by Crippen LogP contribution is 2.40. The number of benzene rings is 1. The van der Waals surface area contributed by atoms with Crippen LogP contribution < -0.4 is 5.32 Å². The molecule has 98 valence electrons. The van der Waals surface area contributed by atoms with E-state index in [1.807, 2.05) is 0 Å². The van der Waals surface area contributed by atoms with Crippen molar-refractivity contribution >= 4 is 0 Å². The number of morpholine rings is 1. The van der Waals surface area contributed by atoms with Gasteiger partial charge in [0.25, 0.3) is 0 Å². The maximum absolute atomic E-state index is 13.5. The number of nitrogens with one attached hydrogen (secondary N) is 1. The normalized spacial score (nSPS) is 26.9. The standard InChI is InChI=1S/C12H11F4NO/c13-9-5-7-6(3-8(9)12(14,15)16)4-10-11(7)17-1-2-18-10/h3,5,10-11,17H,1-2,4H2/t10-,11+/m1/s1. The maximum atomic E-state index is 13.5. The molecule has 1 saturated heterocycles. The molecule has 1 aliphatic carbocycles. The molecule has 0 spiro atoms. The average molecular weight is 261 g/mol. The van der Waals surface area contributed by atoms with Crippen LogP contribution in [0.15, 0.2) is 12.1 Å². The quantitative estimate of drug-likeness (QED) is 0.724. The lowest BCUT2D eigenvalue weighted by molar-refractivity contribution is -0.140. The Morgan fingerprint density at radius 1 is 1.28 bits per heavy atom. The first-order valence-corrected chi connectivity index (χ1v) is 5.71. The van der Waals surface area contributed by atoms with Crippen LogP contribution in [0.5, 0.6) is 0 Å². The molecule has 1 aromatic rings. The molecule has 0 aromatic heterocycles. The van der Waals surface area contributed by atoms with Gasteiger partial charge < -0.3 is 10.1 Å². The van der Waals surface area contributed by atoms with Crippen molar-refractivity contribution in [3.05, 3.63) is 34.6 Å². The van der Waals surface area contributed by atoms with Gasteiger partial charge in [0.1, 0.15) is 5.82 Å². The Morgan fingerprint density at radius 3 is 2.78 bits per heavy atom. The van der Waals surface area contributed by atoms with Gasteiger partial charge in [0.05, 0.1) is 24.3 Å². The lowest BCUT2D eigenvalue weighted by Gasteiger charge is -2.27. The van der Waals surface area contributed by atoms with Gasteiger partial charge in [-0.05, 0) is 23.3 Å². The van der Waals surface area contributed by atoms with Gasteiger partial charge in [0.15, 0.2) is 0 Å². The van der Waals surface area contributed by atoms with E-state index >= 15 is 0 Å². The number of ether oxygens (including phenoxy) is 1. The molecule has 0 saturated carbocycles. The van der Waals surface area contributed by atoms with E-state index in [0.29, 0.717) is 30.7 Å². The van der Waals surface area contributed by atoms with E-state index < -0.39 is 17.6 Å². The fourth-order valence-electron chi connectivity index (χ4n) is 2.67. The number of hydrogen-bond acceptors (Lipinski definition) is 2. The SMILES string of the molecule is Fc1cc2c(cc1C(F)(F)F)C[C@H]1OCCN[C@@H]21. The van der Waals surface area contributed by atoms with Crippen LogP contribution in [0.25, 0.3) is 0 Å².